The summed E-state index contributed by atoms with van der Waals surface area (Å²) in [6.07, 6.45) is 3.11. The zero-order chi connectivity index (χ0) is 19.3. The molecule has 0 radical (unpaired) electrons. The maximum atomic E-state index is 12.6. The molecule has 26 heavy (non-hydrogen) atoms. The number of esters is 1. The fraction of sp³-hybridized carbons (Fsp3) is 0.300. The summed E-state index contributed by atoms with van der Waals surface area (Å²) in [5.41, 5.74) is 2.71. The first-order chi connectivity index (χ1) is 12.4. The Morgan fingerprint density at radius 3 is 2.50 bits per heavy atom. The van der Waals surface area contributed by atoms with Crippen LogP contribution in [-0.4, -0.2) is 37.6 Å². The number of aromatic nitrogens is 1. The molecule has 6 heteroatoms. The summed E-state index contributed by atoms with van der Waals surface area (Å²) in [6.45, 7) is 5.49. The highest BCUT2D eigenvalue weighted by Crippen LogP contribution is 2.26. The van der Waals surface area contributed by atoms with Gasteiger partial charge in [-0.25, -0.2) is 4.79 Å². The van der Waals surface area contributed by atoms with Gasteiger partial charge in [-0.3, -0.25) is 4.79 Å². The van der Waals surface area contributed by atoms with Crippen LogP contribution in [0, 0.1) is 13.8 Å². The van der Waals surface area contributed by atoms with Gasteiger partial charge in [-0.1, -0.05) is 0 Å². The number of allylic oxidation sites excluding steroid dienone is 1. The second-order valence-corrected chi connectivity index (χ2v) is 5.65. The Hall–Kier alpha value is -3.02. The van der Waals surface area contributed by atoms with Gasteiger partial charge in [0.2, 0.25) is 5.78 Å². The molecule has 0 aliphatic heterocycles. The average molecular weight is 357 g/mol. The lowest BCUT2D eigenvalue weighted by molar-refractivity contribution is 0.0525. The first-order valence-corrected chi connectivity index (χ1v) is 8.23. The molecule has 0 unspecified atom stereocenters. The van der Waals surface area contributed by atoms with Crippen molar-refractivity contribution in [3.8, 4) is 11.5 Å². The molecule has 0 atom stereocenters. The van der Waals surface area contributed by atoms with Crippen LogP contribution >= 0.6 is 0 Å². The highest BCUT2D eigenvalue weighted by molar-refractivity contribution is 6.09. The molecule has 0 amide bonds. The molecule has 0 aliphatic rings. The molecule has 0 aliphatic carbocycles. The highest BCUT2D eigenvalue weighted by Gasteiger charge is 2.21. The Morgan fingerprint density at radius 2 is 1.88 bits per heavy atom. The summed E-state index contributed by atoms with van der Waals surface area (Å²) >= 11 is 0. The van der Waals surface area contributed by atoms with E-state index in [2.05, 4.69) is 4.98 Å². The minimum atomic E-state index is -0.432. The van der Waals surface area contributed by atoms with Crippen LogP contribution in [0.15, 0.2) is 24.3 Å². The molecular formula is C20H23NO5. The van der Waals surface area contributed by atoms with Gasteiger partial charge in [-0.15, -0.1) is 0 Å². The first-order valence-electron chi connectivity index (χ1n) is 8.23. The predicted molar refractivity (Wildman–Crippen MR) is 99.1 cm³/mol. The Labute approximate surface area is 152 Å². The summed E-state index contributed by atoms with van der Waals surface area (Å²) < 4.78 is 15.5. The van der Waals surface area contributed by atoms with Gasteiger partial charge in [0.05, 0.1) is 32.1 Å². The third-order valence-electron chi connectivity index (χ3n) is 4.02. The number of aromatic amines is 1. The number of benzene rings is 1. The zero-order valence-electron chi connectivity index (χ0n) is 15.6. The van der Waals surface area contributed by atoms with Crippen molar-refractivity contribution in [3.05, 3.63) is 52.4 Å². The van der Waals surface area contributed by atoms with Crippen LogP contribution in [0.25, 0.3) is 6.08 Å². The number of ketones is 1. The number of methoxy groups -OCH3 is 2. The summed E-state index contributed by atoms with van der Waals surface area (Å²) in [7, 11) is 3.13. The molecule has 2 rings (SSSR count). The third kappa shape index (κ3) is 3.96. The van der Waals surface area contributed by atoms with Gasteiger partial charge in [0.1, 0.15) is 11.5 Å². The van der Waals surface area contributed by atoms with Gasteiger partial charge in [-0.2, -0.15) is 0 Å². The molecule has 6 nitrogen and oxygen atoms in total. The zero-order valence-corrected chi connectivity index (χ0v) is 15.6. The van der Waals surface area contributed by atoms with E-state index >= 15 is 0 Å². The van der Waals surface area contributed by atoms with E-state index in [1.807, 2.05) is 0 Å². The van der Waals surface area contributed by atoms with Gasteiger partial charge in [0.25, 0.3) is 0 Å². The Morgan fingerprint density at radius 1 is 1.15 bits per heavy atom. The standard InChI is InChI=1S/C20H23NO5/c1-6-26-20(23)18-12(2)19(21-13(18)3)16(22)10-8-14-7-9-15(24-4)11-17(14)25-5/h7-11,21H,6H2,1-5H3. The lowest BCUT2D eigenvalue weighted by atomic mass is 10.1. The Kier molecular flexibility index (Phi) is 6.22. The van der Waals surface area contributed by atoms with Gasteiger partial charge >= 0.3 is 5.97 Å². The molecule has 138 valence electrons. The topological polar surface area (TPSA) is 77.6 Å². The second-order valence-electron chi connectivity index (χ2n) is 5.65. The Balaban J connectivity index is 2.30. The van der Waals surface area contributed by atoms with E-state index < -0.39 is 5.97 Å². The second kappa shape index (κ2) is 8.38. The van der Waals surface area contributed by atoms with Crippen molar-refractivity contribution in [2.24, 2.45) is 0 Å². The number of ether oxygens (including phenoxy) is 3. The number of carbonyl (C=O) groups excluding carboxylic acids is 2. The molecule has 0 fully saturated rings. The number of hydrogen-bond donors (Lipinski definition) is 1. The van der Waals surface area contributed by atoms with Gasteiger partial charge in [0.15, 0.2) is 0 Å². The number of aryl methyl sites for hydroxylation is 1. The smallest absolute Gasteiger partial charge is 0.340 e. The number of rotatable bonds is 7. The van der Waals surface area contributed by atoms with Crippen molar-refractivity contribution in [1.82, 2.24) is 4.98 Å². The molecule has 2 aromatic rings. The molecule has 1 aromatic heterocycles. The van der Waals surface area contributed by atoms with Crippen LogP contribution in [-0.2, 0) is 4.74 Å². The molecular weight excluding hydrogens is 334 g/mol. The van der Waals surface area contributed by atoms with Gasteiger partial charge < -0.3 is 19.2 Å². The molecule has 1 N–H and O–H groups in total. The normalized spacial score (nSPS) is 10.8. The molecule has 0 saturated heterocycles. The Bertz CT molecular complexity index is 848. The quantitative estimate of drug-likeness (QED) is 0.464. The fourth-order valence-electron chi connectivity index (χ4n) is 2.71. The first kappa shape index (κ1) is 19.3. The van der Waals surface area contributed by atoms with Crippen molar-refractivity contribution >= 4 is 17.8 Å². The van der Waals surface area contributed by atoms with Crippen LogP contribution in [0.2, 0.25) is 0 Å². The SMILES string of the molecule is CCOC(=O)c1c(C)[nH]c(C(=O)C=Cc2ccc(OC)cc2OC)c1C. The van der Waals surface area contributed by atoms with Crippen LogP contribution < -0.4 is 9.47 Å². The average Bonchev–Trinajstić information content (AvgIpc) is 2.94. The van der Waals surface area contributed by atoms with Gasteiger partial charge in [-0.05, 0) is 50.6 Å². The van der Waals surface area contributed by atoms with Crippen LogP contribution in [0.1, 0.15) is 44.6 Å². The van der Waals surface area contributed by atoms with E-state index in [1.54, 1.807) is 59.3 Å². The van der Waals surface area contributed by atoms with Gasteiger partial charge in [0, 0.05) is 17.3 Å². The van der Waals surface area contributed by atoms with Crippen LogP contribution in [0.5, 0.6) is 11.5 Å². The van der Waals surface area contributed by atoms with E-state index in [-0.39, 0.29) is 12.4 Å². The summed E-state index contributed by atoms with van der Waals surface area (Å²) in [5, 5.41) is 0. The van der Waals surface area contributed by atoms with E-state index in [0.717, 1.165) is 5.56 Å². The third-order valence-corrected chi connectivity index (χ3v) is 4.02. The van der Waals surface area contributed by atoms with E-state index in [4.69, 9.17) is 14.2 Å². The van der Waals surface area contributed by atoms with E-state index in [9.17, 15) is 9.59 Å². The van der Waals surface area contributed by atoms with Crippen molar-refractivity contribution in [2.45, 2.75) is 20.8 Å². The van der Waals surface area contributed by atoms with E-state index in [1.165, 1.54) is 6.08 Å². The predicted octanol–water partition coefficient (Wildman–Crippen LogP) is 3.72. The molecule has 0 spiro atoms. The number of carbonyl (C=O) groups is 2. The van der Waals surface area contributed by atoms with Crippen LogP contribution in [0.3, 0.4) is 0 Å². The molecule has 0 bridgehead atoms. The highest BCUT2D eigenvalue weighted by atomic mass is 16.5. The maximum Gasteiger partial charge on any atom is 0.340 e. The number of nitrogens with one attached hydrogen (secondary N) is 1. The minimum absolute atomic E-state index is 0.237. The summed E-state index contributed by atoms with van der Waals surface area (Å²) in [6, 6.07) is 5.33. The monoisotopic (exact) mass is 357 g/mol. The lowest BCUT2D eigenvalue weighted by Crippen LogP contribution is -2.07. The van der Waals surface area contributed by atoms with Crippen molar-refractivity contribution in [2.75, 3.05) is 20.8 Å². The van der Waals surface area contributed by atoms with E-state index in [0.29, 0.717) is 34.0 Å². The lowest BCUT2D eigenvalue weighted by Gasteiger charge is -2.07. The summed E-state index contributed by atoms with van der Waals surface area (Å²) in [5.74, 6) is 0.595. The van der Waals surface area contributed by atoms with Crippen LogP contribution in [0.4, 0.5) is 0 Å². The van der Waals surface area contributed by atoms with Crippen molar-refractivity contribution < 1.29 is 23.8 Å². The molecule has 1 heterocycles. The van der Waals surface area contributed by atoms with Crippen molar-refractivity contribution in [1.29, 1.82) is 0 Å². The number of H-pyrrole nitrogens is 1. The maximum absolute atomic E-state index is 12.6. The summed E-state index contributed by atoms with van der Waals surface area (Å²) in [4.78, 5) is 27.6. The molecule has 1 aromatic carbocycles. The minimum Gasteiger partial charge on any atom is -0.497 e. The molecule has 0 saturated carbocycles. The van der Waals surface area contributed by atoms with Crippen molar-refractivity contribution in [3.63, 3.8) is 0 Å². The number of hydrogen-bond acceptors (Lipinski definition) is 5. The fourth-order valence-corrected chi connectivity index (χ4v) is 2.71. The largest absolute Gasteiger partial charge is 0.497 e.